The van der Waals surface area contributed by atoms with Crippen molar-refractivity contribution >= 4 is 12.4 Å². The van der Waals surface area contributed by atoms with Crippen molar-refractivity contribution in [2.75, 3.05) is 0 Å². The summed E-state index contributed by atoms with van der Waals surface area (Å²) in [6.45, 7) is 13.8. The first-order valence-corrected chi connectivity index (χ1v) is 13.7. The van der Waals surface area contributed by atoms with Gasteiger partial charge >= 0.3 is 5.97 Å². The Hall–Kier alpha value is -1.06. The summed E-state index contributed by atoms with van der Waals surface area (Å²) in [6, 6.07) is 0. The van der Waals surface area contributed by atoms with Crippen LogP contribution in [-0.4, -0.2) is 23.1 Å². The standard InChI is InChI=1S/C24H38O4.2C2H6/c1-22-12-3-4-13-23(22,2)19-11-15-24(28-16-25)17(6-5-7-21(26)27)8-9-20(24)18(19)10-14-22;2*1-2/h16-20H,3-15H2,1-2H3,(H,26,27);2*1-2H3. The van der Waals surface area contributed by atoms with Gasteiger partial charge in [0.2, 0.25) is 0 Å². The molecule has 0 aromatic carbocycles. The van der Waals surface area contributed by atoms with Gasteiger partial charge in [0.1, 0.15) is 5.60 Å². The van der Waals surface area contributed by atoms with Gasteiger partial charge in [-0.1, -0.05) is 54.4 Å². The van der Waals surface area contributed by atoms with Crippen molar-refractivity contribution < 1.29 is 19.4 Å². The topological polar surface area (TPSA) is 63.6 Å². The molecule has 4 fully saturated rings. The molecule has 186 valence electrons. The zero-order valence-corrected chi connectivity index (χ0v) is 21.8. The van der Waals surface area contributed by atoms with Crippen LogP contribution in [0.4, 0.5) is 0 Å². The van der Waals surface area contributed by atoms with Crippen molar-refractivity contribution in [1.82, 2.24) is 0 Å². The van der Waals surface area contributed by atoms with Crippen LogP contribution in [-0.2, 0) is 14.3 Å². The Kier molecular flexibility index (Phi) is 9.67. The van der Waals surface area contributed by atoms with E-state index in [4.69, 9.17) is 9.84 Å². The molecule has 0 saturated heterocycles. The second-order valence-corrected chi connectivity index (χ2v) is 10.9. The minimum absolute atomic E-state index is 0.223. The molecule has 0 spiro atoms. The van der Waals surface area contributed by atoms with Gasteiger partial charge in [-0.2, -0.15) is 0 Å². The van der Waals surface area contributed by atoms with E-state index >= 15 is 0 Å². The predicted molar refractivity (Wildman–Crippen MR) is 130 cm³/mol. The molecule has 7 atom stereocenters. The molecule has 0 aliphatic heterocycles. The van der Waals surface area contributed by atoms with E-state index in [0.29, 0.717) is 41.5 Å². The molecule has 32 heavy (non-hydrogen) atoms. The summed E-state index contributed by atoms with van der Waals surface area (Å²) in [6.07, 6.45) is 14.3. The van der Waals surface area contributed by atoms with E-state index in [-0.39, 0.29) is 12.0 Å². The van der Waals surface area contributed by atoms with Gasteiger partial charge in [0, 0.05) is 12.3 Å². The second-order valence-electron chi connectivity index (χ2n) is 10.9. The molecule has 0 bridgehead atoms. The van der Waals surface area contributed by atoms with Gasteiger partial charge in [0.15, 0.2) is 0 Å². The summed E-state index contributed by atoms with van der Waals surface area (Å²) < 4.78 is 5.98. The number of carboxylic acid groups (broad SMARTS) is 1. The van der Waals surface area contributed by atoms with E-state index in [1.54, 1.807) is 0 Å². The summed E-state index contributed by atoms with van der Waals surface area (Å²) in [5, 5.41) is 9.02. The van der Waals surface area contributed by atoms with Crippen molar-refractivity contribution in [3.05, 3.63) is 0 Å². The van der Waals surface area contributed by atoms with E-state index in [9.17, 15) is 9.59 Å². The summed E-state index contributed by atoms with van der Waals surface area (Å²) in [7, 11) is 0. The molecule has 0 heterocycles. The minimum atomic E-state index is -0.722. The third-order valence-corrected chi connectivity index (χ3v) is 10.1. The normalized spacial score (nSPS) is 41.9. The predicted octanol–water partition coefficient (Wildman–Crippen LogP) is 7.64. The third kappa shape index (κ3) is 4.62. The molecule has 4 aliphatic rings. The fraction of sp³-hybridized carbons (Fsp3) is 0.929. The van der Waals surface area contributed by atoms with Crippen LogP contribution >= 0.6 is 0 Å². The maximum Gasteiger partial charge on any atom is 0.303 e. The Balaban J connectivity index is 0.000000860. The SMILES string of the molecule is CC.CC.CC12CCCCC1(C)C1CCC3(OC=O)C(CCCC(=O)O)CCC3C1CC2. The molecule has 4 saturated carbocycles. The lowest BCUT2D eigenvalue weighted by Crippen LogP contribution is -2.59. The Morgan fingerprint density at radius 3 is 2.28 bits per heavy atom. The molecular weight excluding hydrogens is 400 g/mol. The number of carbonyl (C=O) groups excluding carboxylic acids is 1. The lowest BCUT2D eigenvalue weighted by Gasteiger charge is -2.64. The Bertz CT molecular complexity index is 619. The highest BCUT2D eigenvalue weighted by atomic mass is 16.5. The van der Waals surface area contributed by atoms with Crippen LogP contribution in [0.3, 0.4) is 0 Å². The van der Waals surface area contributed by atoms with Crippen molar-refractivity contribution in [1.29, 1.82) is 0 Å². The van der Waals surface area contributed by atoms with Crippen LogP contribution < -0.4 is 0 Å². The van der Waals surface area contributed by atoms with Gasteiger partial charge in [0.05, 0.1) is 0 Å². The molecule has 0 amide bonds. The number of rotatable bonds is 6. The molecule has 4 heteroatoms. The van der Waals surface area contributed by atoms with Gasteiger partial charge in [-0.3, -0.25) is 9.59 Å². The van der Waals surface area contributed by atoms with E-state index < -0.39 is 5.97 Å². The number of carbonyl (C=O) groups is 2. The number of carboxylic acids is 1. The van der Waals surface area contributed by atoms with Crippen LogP contribution in [0.25, 0.3) is 0 Å². The molecule has 0 radical (unpaired) electrons. The fourth-order valence-electron chi connectivity index (χ4n) is 8.55. The number of fused-ring (bicyclic) bond motifs is 5. The van der Waals surface area contributed by atoms with Crippen molar-refractivity contribution in [3.8, 4) is 0 Å². The van der Waals surface area contributed by atoms with Gasteiger partial charge in [-0.25, -0.2) is 0 Å². The van der Waals surface area contributed by atoms with Crippen molar-refractivity contribution in [2.24, 2.45) is 34.5 Å². The Morgan fingerprint density at radius 1 is 0.938 bits per heavy atom. The summed E-state index contributed by atoms with van der Waals surface area (Å²) in [4.78, 5) is 22.5. The quantitative estimate of drug-likeness (QED) is 0.422. The third-order valence-electron chi connectivity index (χ3n) is 10.1. The molecule has 0 aromatic heterocycles. The van der Waals surface area contributed by atoms with Gasteiger partial charge in [-0.15, -0.1) is 0 Å². The number of hydrogen-bond donors (Lipinski definition) is 1. The van der Waals surface area contributed by atoms with E-state index in [0.717, 1.165) is 31.6 Å². The van der Waals surface area contributed by atoms with Crippen LogP contribution in [0, 0.1) is 34.5 Å². The maximum atomic E-state index is 11.5. The first-order chi connectivity index (χ1) is 15.4. The highest BCUT2D eigenvalue weighted by Gasteiger charge is 2.64. The first kappa shape index (κ1) is 27.2. The molecule has 4 aliphatic carbocycles. The molecule has 4 nitrogen and oxygen atoms in total. The summed E-state index contributed by atoms with van der Waals surface area (Å²) >= 11 is 0. The average molecular weight is 451 g/mol. The van der Waals surface area contributed by atoms with Crippen LogP contribution in [0.5, 0.6) is 0 Å². The highest BCUT2D eigenvalue weighted by molar-refractivity contribution is 5.66. The molecule has 1 N–H and O–H groups in total. The lowest BCUT2D eigenvalue weighted by atomic mass is 9.41. The first-order valence-electron chi connectivity index (χ1n) is 13.7. The van der Waals surface area contributed by atoms with Crippen LogP contribution in [0.2, 0.25) is 0 Å². The maximum absolute atomic E-state index is 11.5. The fourth-order valence-corrected chi connectivity index (χ4v) is 8.55. The minimum Gasteiger partial charge on any atom is -0.481 e. The zero-order chi connectivity index (χ0) is 24.0. The Morgan fingerprint density at radius 2 is 1.62 bits per heavy atom. The van der Waals surface area contributed by atoms with E-state index in [1.807, 2.05) is 27.7 Å². The monoisotopic (exact) mass is 450 g/mol. The molecule has 0 aromatic rings. The second kappa shape index (κ2) is 11.4. The zero-order valence-electron chi connectivity index (χ0n) is 21.8. The molecule has 4 rings (SSSR count). The summed E-state index contributed by atoms with van der Waals surface area (Å²) in [5.41, 5.74) is 0.598. The molecule has 7 unspecified atom stereocenters. The van der Waals surface area contributed by atoms with Crippen molar-refractivity contribution in [2.45, 2.75) is 131 Å². The number of aliphatic carboxylic acids is 1. The highest BCUT2D eigenvalue weighted by Crippen LogP contribution is 2.69. The van der Waals surface area contributed by atoms with Crippen LogP contribution in [0.1, 0.15) is 125 Å². The van der Waals surface area contributed by atoms with Gasteiger partial charge in [-0.05, 0) is 92.8 Å². The smallest absolute Gasteiger partial charge is 0.303 e. The largest absolute Gasteiger partial charge is 0.481 e. The van der Waals surface area contributed by atoms with E-state index in [1.165, 1.54) is 44.9 Å². The number of hydrogen-bond acceptors (Lipinski definition) is 3. The Labute approximate surface area is 197 Å². The van der Waals surface area contributed by atoms with Gasteiger partial charge < -0.3 is 9.84 Å². The van der Waals surface area contributed by atoms with Crippen LogP contribution in [0.15, 0.2) is 0 Å². The van der Waals surface area contributed by atoms with Crippen molar-refractivity contribution in [3.63, 3.8) is 0 Å². The summed E-state index contributed by atoms with van der Waals surface area (Å²) in [5.74, 6) is 1.54. The number of ether oxygens (including phenoxy) is 1. The molecular formula is C28H50O4. The van der Waals surface area contributed by atoms with E-state index in [2.05, 4.69) is 13.8 Å². The lowest BCUT2D eigenvalue weighted by molar-refractivity contribution is -0.196. The average Bonchev–Trinajstić information content (AvgIpc) is 3.15. The van der Waals surface area contributed by atoms with Gasteiger partial charge in [0.25, 0.3) is 6.47 Å².